The Balaban J connectivity index is 2.03. The van der Waals surface area contributed by atoms with Gasteiger partial charge in [-0.2, -0.15) is 11.8 Å². The summed E-state index contributed by atoms with van der Waals surface area (Å²) in [5, 5.41) is 0. The Morgan fingerprint density at radius 2 is 1.71 bits per heavy atom. The molecule has 1 amide bonds. The third-order valence-corrected chi connectivity index (χ3v) is 4.58. The van der Waals surface area contributed by atoms with Crippen LogP contribution < -0.4 is 10.5 Å². The Labute approximate surface area is 146 Å². The lowest BCUT2D eigenvalue weighted by Gasteiger charge is -2.11. The molecule has 2 rings (SSSR count). The van der Waals surface area contributed by atoms with Gasteiger partial charge in [-0.3, -0.25) is 9.59 Å². The van der Waals surface area contributed by atoms with E-state index in [4.69, 9.17) is 10.5 Å². The minimum atomic E-state index is -0.420. The van der Waals surface area contributed by atoms with E-state index in [0.29, 0.717) is 17.7 Å². The molecule has 0 saturated carbocycles. The zero-order valence-electron chi connectivity index (χ0n) is 13.9. The quantitative estimate of drug-likeness (QED) is 0.740. The van der Waals surface area contributed by atoms with Crippen LogP contribution in [0.5, 0.6) is 5.75 Å². The molecule has 24 heavy (non-hydrogen) atoms. The summed E-state index contributed by atoms with van der Waals surface area (Å²) in [4.78, 5) is 22.6. The molecule has 0 fully saturated rings. The molecule has 2 aromatic carbocycles. The zero-order valence-corrected chi connectivity index (χ0v) is 14.7. The molecule has 2 aromatic rings. The number of amides is 1. The molecular formula is C19H21NO3S. The molecule has 0 spiro atoms. The molecule has 2 N–H and O–H groups in total. The number of thioether (sulfide) groups is 1. The maximum Gasteiger partial charge on any atom is 0.248 e. The number of nitrogens with two attached hydrogens (primary N) is 1. The highest BCUT2D eigenvalue weighted by molar-refractivity contribution is 7.97. The minimum absolute atomic E-state index is 0.0475. The highest BCUT2D eigenvalue weighted by Crippen LogP contribution is 2.27. The van der Waals surface area contributed by atoms with Gasteiger partial charge >= 0.3 is 0 Å². The Hall–Kier alpha value is -2.27. The van der Waals surface area contributed by atoms with Crippen LogP contribution in [0.3, 0.4) is 0 Å². The van der Waals surface area contributed by atoms with E-state index in [1.54, 1.807) is 36.9 Å². The van der Waals surface area contributed by atoms with Gasteiger partial charge in [0.2, 0.25) is 5.91 Å². The van der Waals surface area contributed by atoms with Crippen molar-refractivity contribution >= 4 is 23.5 Å². The molecule has 0 radical (unpaired) electrons. The van der Waals surface area contributed by atoms with E-state index in [1.165, 1.54) is 0 Å². The largest absolute Gasteiger partial charge is 0.494 e. The van der Waals surface area contributed by atoms with Crippen molar-refractivity contribution in [3.05, 3.63) is 64.7 Å². The van der Waals surface area contributed by atoms with Crippen molar-refractivity contribution in [3.63, 3.8) is 0 Å². The van der Waals surface area contributed by atoms with Crippen molar-refractivity contribution in [1.29, 1.82) is 0 Å². The fourth-order valence-electron chi connectivity index (χ4n) is 2.25. The first-order chi connectivity index (χ1) is 11.5. The lowest BCUT2D eigenvalue weighted by molar-refractivity contribution is 0.0996. The van der Waals surface area contributed by atoms with Crippen molar-refractivity contribution in [2.45, 2.75) is 25.4 Å². The molecule has 0 atom stereocenters. The Kier molecular flexibility index (Phi) is 6.44. The Morgan fingerprint density at radius 1 is 1.04 bits per heavy atom. The van der Waals surface area contributed by atoms with Crippen LogP contribution in [-0.4, -0.2) is 18.3 Å². The highest BCUT2D eigenvalue weighted by Gasteiger charge is 2.08. The van der Waals surface area contributed by atoms with Gasteiger partial charge in [0.05, 0.1) is 6.61 Å². The zero-order chi connectivity index (χ0) is 17.5. The predicted octanol–water partition coefficient (Wildman–Crippen LogP) is 3.82. The number of rotatable bonds is 8. The molecule has 0 aliphatic heterocycles. The fourth-order valence-corrected chi connectivity index (χ4v) is 3.23. The lowest BCUT2D eigenvalue weighted by atomic mass is 10.1. The topological polar surface area (TPSA) is 69.4 Å². The summed E-state index contributed by atoms with van der Waals surface area (Å²) in [5.74, 6) is 1.99. The number of hydrogen-bond donors (Lipinski definition) is 1. The molecular weight excluding hydrogens is 322 g/mol. The summed E-state index contributed by atoms with van der Waals surface area (Å²) in [6.45, 7) is 4.09. The normalized spacial score (nSPS) is 10.4. The van der Waals surface area contributed by atoms with E-state index < -0.39 is 5.91 Å². The standard InChI is InChI=1S/C19H21NO3S/c1-3-23-18-9-8-16(13(2)21)10-17(18)12-24-11-14-4-6-15(7-5-14)19(20)22/h4-10H,3,11-12H2,1-2H3,(H2,20,22). The number of carbonyl (C=O) groups excluding carboxylic acids is 2. The van der Waals surface area contributed by atoms with Gasteiger partial charge in [0, 0.05) is 28.2 Å². The number of hydrogen-bond acceptors (Lipinski definition) is 4. The first-order valence-electron chi connectivity index (χ1n) is 7.74. The monoisotopic (exact) mass is 343 g/mol. The van der Waals surface area contributed by atoms with Gasteiger partial charge in [0.15, 0.2) is 5.78 Å². The number of ketones is 1. The smallest absolute Gasteiger partial charge is 0.248 e. The van der Waals surface area contributed by atoms with Crippen LogP contribution in [0.1, 0.15) is 45.7 Å². The summed E-state index contributed by atoms with van der Waals surface area (Å²) in [6.07, 6.45) is 0. The van der Waals surface area contributed by atoms with Crippen molar-refractivity contribution in [2.24, 2.45) is 5.73 Å². The second-order valence-corrected chi connectivity index (χ2v) is 6.35. The molecule has 0 saturated heterocycles. The SMILES string of the molecule is CCOc1ccc(C(C)=O)cc1CSCc1ccc(C(N)=O)cc1. The molecule has 0 bridgehead atoms. The van der Waals surface area contributed by atoms with Crippen LogP contribution in [0.4, 0.5) is 0 Å². The molecule has 4 nitrogen and oxygen atoms in total. The van der Waals surface area contributed by atoms with Gasteiger partial charge in [-0.05, 0) is 49.7 Å². The number of benzene rings is 2. The summed E-state index contributed by atoms with van der Waals surface area (Å²) < 4.78 is 5.64. The average molecular weight is 343 g/mol. The number of carbonyl (C=O) groups is 2. The van der Waals surface area contributed by atoms with E-state index in [2.05, 4.69) is 0 Å². The number of ether oxygens (including phenoxy) is 1. The first kappa shape index (κ1) is 18.1. The molecule has 5 heteroatoms. The lowest BCUT2D eigenvalue weighted by Crippen LogP contribution is -2.10. The maximum absolute atomic E-state index is 11.6. The summed E-state index contributed by atoms with van der Waals surface area (Å²) in [6, 6.07) is 12.8. The molecule has 0 aliphatic rings. The van der Waals surface area contributed by atoms with Gasteiger partial charge in [0.1, 0.15) is 5.75 Å². The van der Waals surface area contributed by atoms with Crippen molar-refractivity contribution in [2.75, 3.05) is 6.61 Å². The number of primary amides is 1. The van der Waals surface area contributed by atoms with Crippen LogP contribution in [0.25, 0.3) is 0 Å². The van der Waals surface area contributed by atoms with Gasteiger partial charge in [-0.15, -0.1) is 0 Å². The second-order valence-electron chi connectivity index (χ2n) is 5.37. The van der Waals surface area contributed by atoms with E-state index in [9.17, 15) is 9.59 Å². The van der Waals surface area contributed by atoms with Crippen LogP contribution in [0.2, 0.25) is 0 Å². The summed E-state index contributed by atoms with van der Waals surface area (Å²) in [5.41, 5.74) is 8.58. The maximum atomic E-state index is 11.6. The van der Waals surface area contributed by atoms with Gasteiger partial charge < -0.3 is 10.5 Å². The van der Waals surface area contributed by atoms with E-state index >= 15 is 0 Å². The van der Waals surface area contributed by atoms with Gasteiger partial charge in [-0.1, -0.05) is 12.1 Å². The van der Waals surface area contributed by atoms with E-state index in [0.717, 1.165) is 28.4 Å². The molecule has 0 aliphatic carbocycles. The number of Topliss-reactive ketones (excluding diaryl/α,β-unsaturated/α-hetero) is 1. The summed E-state index contributed by atoms with van der Waals surface area (Å²) >= 11 is 1.73. The molecule has 0 unspecified atom stereocenters. The second kappa shape index (κ2) is 8.55. The van der Waals surface area contributed by atoms with Crippen LogP contribution >= 0.6 is 11.8 Å². The molecule has 126 valence electrons. The third-order valence-electron chi connectivity index (χ3n) is 3.53. The average Bonchev–Trinajstić information content (AvgIpc) is 2.56. The van der Waals surface area contributed by atoms with Crippen LogP contribution in [-0.2, 0) is 11.5 Å². The van der Waals surface area contributed by atoms with E-state index in [1.807, 2.05) is 31.2 Å². The minimum Gasteiger partial charge on any atom is -0.494 e. The first-order valence-corrected chi connectivity index (χ1v) is 8.90. The van der Waals surface area contributed by atoms with E-state index in [-0.39, 0.29) is 5.78 Å². The van der Waals surface area contributed by atoms with Crippen molar-refractivity contribution < 1.29 is 14.3 Å². The van der Waals surface area contributed by atoms with Gasteiger partial charge in [-0.25, -0.2) is 0 Å². The van der Waals surface area contributed by atoms with Crippen LogP contribution in [0.15, 0.2) is 42.5 Å². The molecule has 0 aromatic heterocycles. The highest BCUT2D eigenvalue weighted by atomic mass is 32.2. The predicted molar refractivity (Wildman–Crippen MR) is 97.6 cm³/mol. The van der Waals surface area contributed by atoms with Crippen LogP contribution in [0, 0.1) is 0 Å². The molecule has 0 heterocycles. The van der Waals surface area contributed by atoms with Crippen molar-refractivity contribution in [1.82, 2.24) is 0 Å². The Morgan fingerprint density at radius 3 is 2.29 bits per heavy atom. The third kappa shape index (κ3) is 4.86. The van der Waals surface area contributed by atoms with Crippen molar-refractivity contribution in [3.8, 4) is 5.75 Å². The summed E-state index contributed by atoms with van der Waals surface area (Å²) in [7, 11) is 0. The Bertz CT molecular complexity index is 726. The van der Waals surface area contributed by atoms with Gasteiger partial charge in [0.25, 0.3) is 0 Å². The fraction of sp³-hybridized carbons (Fsp3) is 0.263.